The zero-order chi connectivity index (χ0) is 14.3. The van der Waals surface area contributed by atoms with Gasteiger partial charge in [0.05, 0.1) is 34.3 Å². The molecule has 1 aromatic carbocycles. The molecule has 0 atom stereocenters. The van der Waals surface area contributed by atoms with Crippen molar-refractivity contribution in [3.8, 4) is 0 Å². The summed E-state index contributed by atoms with van der Waals surface area (Å²) in [5.74, 6) is -0.301. The summed E-state index contributed by atoms with van der Waals surface area (Å²) >= 11 is 31.8. The van der Waals surface area contributed by atoms with Crippen molar-refractivity contribution in [3.05, 3.63) is 50.9 Å². The fraction of sp³-hybridized carbons (Fsp3) is 0. The number of halogens is 6. The summed E-state index contributed by atoms with van der Waals surface area (Å²) in [5, 5.41) is 0.558. The Labute approximate surface area is 150 Å². The van der Waals surface area contributed by atoms with E-state index in [9.17, 15) is 4.79 Å². The highest BCUT2D eigenvalue weighted by Crippen LogP contribution is 2.40. The van der Waals surface area contributed by atoms with E-state index in [1.807, 2.05) is 0 Å². The third kappa shape index (κ3) is 3.15. The summed E-state index contributed by atoms with van der Waals surface area (Å²) in [6.45, 7) is 0. The van der Waals surface area contributed by atoms with Crippen molar-refractivity contribution in [2.75, 3.05) is 0 Å². The summed E-state index contributed by atoms with van der Waals surface area (Å²) < 4.78 is 1.59. The molecule has 0 N–H and O–H groups in total. The minimum absolute atomic E-state index is 0.0600. The first-order chi connectivity index (χ1) is 8.82. The fourth-order valence-corrected chi connectivity index (χ4v) is 4.42. The first-order valence-electron chi connectivity index (χ1n) is 4.65. The number of rotatable bonds is 2. The Hall–Kier alpha value is 0.710. The van der Waals surface area contributed by atoms with Crippen molar-refractivity contribution in [3.63, 3.8) is 0 Å². The van der Waals surface area contributed by atoms with Gasteiger partial charge in [0, 0.05) is 4.47 Å². The molecule has 19 heavy (non-hydrogen) atoms. The molecule has 0 bridgehead atoms. The maximum Gasteiger partial charge on any atom is 0.206 e. The summed E-state index contributed by atoms with van der Waals surface area (Å²) in [6.07, 6.45) is 0. The number of hydrogen-bond acceptors (Lipinski definition) is 2. The van der Waals surface area contributed by atoms with E-state index in [4.69, 9.17) is 46.4 Å². The largest absolute Gasteiger partial charge is 0.288 e. The summed E-state index contributed by atoms with van der Waals surface area (Å²) in [6, 6.07) is 3.09. The van der Waals surface area contributed by atoms with Gasteiger partial charge in [-0.15, -0.1) is 11.3 Å². The highest BCUT2D eigenvalue weighted by molar-refractivity contribution is 9.13. The molecule has 8 heteroatoms. The van der Waals surface area contributed by atoms with Crippen LogP contribution in [0.4, 0.5) is 0 Å². The van der Waals surface area contributed by atoms with Gasteiger partial charge >= 0.3 is 0 Å². The Bertz CT molecular complexity index is 664. The lowest BCUT2D eigenvalue weighted by atomic mass is 10.1. The molecule has 1 nitrogen and oxygen atoms in total. The van der Waals surface area contributed by atoms with E-state index in [-0.39, 0.29) is 31.4 Å². The molecule has 0 amide bonds. The Morgan fingerprint density at radius 1 is 1.00 bits per heavy atom. The van der Waals surface area contributed by atoms with Crippen LogP contribution in [0, 0.1) is 0 Å². The lowest BCUT2D eigenvalue weighted by molar-refractivity contribution is 0.104. The van der Waals surface area contributed by atoms with Gasteiger partial charge in [0.2, 0.25) is 5.78 Å². The van der Waals surface area contributed by atoms with Crippen LogP contribution in [0.5, 0.6) is 0 Å². The van der Waals surface area contributed by atoms with Crippen LogP contribution in [0.3, 0.4) is 0 Å². The van der Waals surface area contributed by atoms with Gasteiger partial charge in [-0.2, -0.15) is 0 Å². The standard InChI is InChI=1S/C11H2Br2Cl4OS/c12-3-1-6(19-11(3)13)10(18)7-4(14)2-5(15)8(16)9(7)17/h1-2H. The monoisotopic (exact) mass is 480 g/mol. The normalized spacial score (nSPS) is 10.8. The Morgan fingerprint density at radius 2 is 1.63 bits per heavy atom. The molecule has 0 aliphatic carbocycles. The molecule has 0 radical (unpaired) electrons. The Morgan fingerprint density at radius 3 is 2.16 bits per heavy atom. The SMILES string of the molecule is O=C(c1cc(Br)c(Br)s1)c1c(Cl)cc(Cl)c(Cl)c1Cl. The minimum Gasteiger partial charge on any atom is -0.288 e. The third-order valence-corrected chi connectivity index (χ3v) is 7.03. The highest BCUT2D eigenvalue weighted by atomic mass is 79.9. The van der Waals surface area contributed by atoms with Gasteiger partial charge in [0.15, 0.2) is 0 Å². The second-order valence-electron chi connectivity index (χ2n) is 3.40. The van der Waals surface area contributed by atoms with Crippen molar-refractivity contribution in [2.45, 2.75) is 0 Å². The molecule has 0 saturated heterocycles. The van der Waals surface area contributed by atoms with Crippen LogP contribution >= 0.6 is 89.6 Å². The number of thiophene rings is 1. The van der Waals surface area contributed by atoms with Crippen LogP contribution in [0.25, 0.3) is 0 Å². The van der Waals surface area contributed by atoms with Gasteiger partial charge < -0.3 is 0 Å². The van der Waals surface area contributed by atoms with Crippen LogP contribution < -0.4 is 0 Å². The second-order valence-corrected chi connectivity index (χ2v) is 8.20. The van der Waals surface area contributed by atoms with E-state index in [0.29, 0.717) is 4.88 Å². The van der Waals surface area contributed by atoms with Crippen molar-refractivity contribution < 1.29 is 4.79 Å². The smallest absolute Gasteiger partial charge is 0.206 e. The summed E-state index contributed by atoms with van der Waals surface area (Å²) in [5.41, 5.74) is 0.152. The predicted molar refractivity (Wildman–Crippen MR) is 89.6 cm³/mol. The van der Waals surface area contributed by atoms with E-state index in [1.165, 1.54) is 17.4 Å². The maximum absolute atomic E-state index is 12.4. The van der Waals surface area contributed by atoms with Crippen LogP contribution in [0.2, 0.25) is 20.1 Å². The van der Waals surface area contributed by atoms with E-state index >= 15 is 0 Å². The molecule has 2 aromatic rings. The number of benzene rings is 1. The number of hydrogen-bond donors (Lipinski definition) is 0. The maximum atomic E-state index is 12.4. The average molecular weight is 484 g/mol. The van der Waals surface area contributed by atoms with Gasteiger partial charge in [0.1, 0.15) is 0 Å². The summed E-state index contributed by atoms with van der Waals surface area (Å²) in [7, 11) is 0. The molecule has 2 rings (SSSR count). The molecule has 0 saturated carbocycles. The van der Waals surface area contributed by atoms with Gasteiger partial charge in [-0.3, -0.25) is 4.79 Å². The predicted octanol–water partition coefficient (Wildman–Crippen LogP) is 7.12. The van der Waals surface area contributed by atoms with E-state index in [0.717, 1.165) is 8.26 Å². The lowest BCUT2D eigenvalue weighted by Crippen LogP contribution is -2.01. The first kappa shape index (κ1) is 16.1. The topological polar surface area (TPSA) is 17.1 Å². The highest BCUT2D eigenvalue weighted by Gasteiger charge is 2.23. The summed E-state index contributed by atoms with van der Waals surface area (Å²) in [4.78, 5) is 12.9. The third-order valence-electron chi connectivity index (χ3n) is 2.21. The average Bonchev–Trinajstić information content (AvgIpc) is 2.67. The van der Waals surface area contributed by atoms with E-state index in [1.54, 1.807) is 6.07 Å². The van der Waals surface area contributed by atoms with Gasteiger partial charge in [-0.25, -0.2) is 0 Å². The molecular weight excluding hydrogens is 482 g/mol. The van der Waals surface area contributed by atoms with Crippen LogP contribution in [0.15, 0.2) is 20.4 Å². The van der Waals surface area contributed by atoms with E-state index < -0.39 is 0 Å². The molecular formula is C11H2Br2Cl4OS. The van der Waals surface area contributed by atoms with Gasteiger partial charge in [-0.1, -0.05) is 46.4 Å². The van der Waals surface area contributed by atoms with Crippen molar-refractivity contribution in [1.82, 2.24) is 0 Å². The van der Waals surface area contributed by atoms with E-state index in [2.05, 4.69) is 31.9 Å². The van der Waals surface area contributed by atoms with Crippen molar-refractivity contribution in [1.29, 1.82) is 0 Å². The van der Waals surface area contributed by atoms with Crippen molar-refractivity contribution >= 4 is 95.4 Å². The minimum atomic E-state index is -0.301. The number of carbonyl (C=O) groups is 1. The Balaban J connectivity index is 2.59. The lowest BCUT2D eigenvalue weighted by Gasteiger charge is -2.08. The first-order valence-corrected chi connectivity index (χ1v) is 8.57. The molecule has 1 aromatic heterocycles. The zero-order valence-electron chi connectivity index (χ0n) is 8.74. The molecule has 1 heterocycles. The molecule has 0 fully saturated rings. The Kier molecular flexibility index (Phi) is 5.27. The molecule has 100 valence electrons. The van der Waals surface area contributed by atoms with Crippen LogP contribution in [-0.2, 0) is 0 Å². The molecule has 0 aliphatic heterocycles. The molecule has 0 unspecified atom stereocenters. The molecule has 0 aliphatic rings. The quantitative estimate of drug-likeness (QED) is 0.252. The fourth-order valence-electron chi connectivity index (χ4n) is 1.36. The molecule has 0 spiro atoms. The van der Waals surface area contributed by atoms with Crippen LogP contribution in [0.1, 0.15) is 15.2 Å². The number of ketones is 1. The zero-order valence-corrected chi connectivity index (χ0v) is 15.8. The number of carbonyl (C=O) groups excluding carboxylic acids is 1. The van der Waals surface area contributed by atoms with Crippen LogP contribution in [-0.4, -0.2) is 5.78 Å². The second kappa shape index (κ2) is 6.22. The van der Waals surface area contributed by atoms with Crippen molar-refractivity contribution in [2.24, 2.45) is 0 Å². The van der Waals surface area contributed by atoms with Gasteiger partial charge in [0.25, 0.3) is 0 Å². The van der Waals surface area contributed by atoms with Gasteiger partial charge in [-0.05, 0) is 44.0 Å².